The number of para-hydroxylation sites is 2. The number of hydrogen-bond acceptors (Lipinski definition) is 5. The lowest BCUT2D eigenvalue weighted by molar-refractivity contribution is -0.157. The summed E-state index contributed by atoms with van der Waals surface area (Å²) in [5, 5.41) is 6.68. The van der Waals surface area contributed by atoms with Crippen molar-refractivity contribution in [3.63, 3.8) is 0 Å². The maximum atomic E-state index is 13.2. The van der Waals surface area contributed by atoms with E-state index in [-0.39, 0.29) is 18.4 Å². The number of methoxy groups -OCH3 is 2. The van der Waals surface area contributed by atoms with E-state index in [2.05, 4.69) is 10.1 Å². The Labute approximate surface area is 179 Å². The van der Waals surface area contributed by atoms with Crippen molar-refractivity contribution in [3.05, 3.63) is 59.3 Å². The monoisotopic (exact) mass is 418 g/mol. The largest absolute Gasteiger partial charge is 0.493 e. The standard InChI is InChI=1S/C23H22N4O4/c1-30-20-9-5-6-14(22(20)31-2)11-24-27-13-21(28)26-12-18-16(10-19(26)23(27)29)15-7-3-4-8-17(15)25-18/h3-9,11,19,25H,10,12-13H2,1-2H3/b24-11-/t19-/m0/s1. The number of H-pyrrole nitrogens is 1. The van der Waals surface area contributed by atoms with Gasteiger partial charge in [0.1, 0.15) is 12.6 Å². The summed E-state index contributed by atoms with van der Waals surface area (Å²) < 4.78 is 10.7. The van der Waals surface area contributed by atoms with Gasteiger partial charge in [-0.25, -0.2) is 5.01 Å². The predicted molar refractivity (Wildman–Crippen MR) is 115 cm³/mol. The third-order valence-electron chi connectivity index (χ3n) is 5.92. The highest BCUT2D eigenvalue weighted by molar-refractivity contribution is 5.97. The Morgan fingerprint density at radius 1 is 1.06 bits per heavy atom. The van der Waals surface area contributed by atoms with Crippen molar-refractivity contribution < 1.29 is 19.1 Å². The van der Waals surface area contributed by atoms with E-state index in [0.717, 1.165) is 22.2 Å². The fraction of sp³-hybridized carbons (Fsp3) is 0.261. The zero-order valence-electron chi connectivity index (χ0n) is 17.3. The third kappa shape index (κ3) is 3.11. The van der Waals surface area contributed by atoms with Crippen LogP contribution in [-0.2, 0) is 22.6 Å². The van der Waals surface area contributed by atoms with Gasteiger partial charge in [0.15, 0.2) is 11.5 Å². The average molecular weight is 418 g/mol. The molecular formula is C23H22N4O4. The topological polar surface area (TPSA) is 87.2 Å². The van der Waals surface area contributed by atoms with Crippen molar-refractivity contribution in [1.29, 1.82) is 0 Å². The molecule has 0 bridgehead atoms. The molecule has 1 fully saturated rings. The lowest BCUT2D eigenvalue weighted by Gasteiger charge is -2.40. The van der Waals surface area contributed by atoms with Crippen LogP contribution in [0.5, 0.6) is 11.5 Å². The molecule has 0 aliphatic carbocycles. The smallest absolute Gasteiger partial charge is 0.266 e. The zero-order valence-corrected chi connectivity index (χ0v) is 17.3. The number of carbonyl (C=O) groups is 2. The number of nitrogens with zero attached hydrogens (tertiary/aromatic N) is 3. The van der Waals surface area contributed by atoms with E-state index in [9.17, 15) is 9.59 Å². The van der Waals surface area contributed by atoms with E-state index >= 15 is 0 Å². The Bertz CT molecular complexity index is 1220. The number of rotatable bonds is 4. The molecule has 2 aliphatic rings. The van der Waals surface area contributed by atoms with Gasteiger partial charge in [-0.3, -0.25) is 9.59 Å². The van der Waals surface area contributed by atoms with Gasteiger partial charge in [0.2, 0.25) is 5.91 Å². The van der Waals surface area contributed by atoms with Crippen LogP contribution in [0.3, 0.4) is 0 Å². The summed E-state index contributed by atoms with van der Waals surface area (Å²) in [5.74, 6) is 0.780. The highest BCUT2D eigenvalue weighted by atomic mass is 16.5. The van der Waals surface area contributed by atoms with Crippen LogP contribution in [0.25, 0.3) is 10.9 Å². The van der Waals surface area contributed by atoms with Crippen LogP contribution in [-0.4, -0.2) is 59.7 Å². The summed E-state index contributed by atoms with van der Waals surface area (Å²) in [7, 11) is 3.10. The number of ether oxygens (including phenoxy) is 2. The molecule has 8 nitrogen and oxygen atoms in total. The van der Waals surface area contributed by atoms with Gasteiger partial charge in [-0.1, -0.05) is 24.3 Å². The quantitative estimate of drug-likeness (QED) is 0.659. The molecule has 8 heteroatoms. The van der Waals surface area contributed by atoms with Gasteiger partial charge in [0, 0.05) is 28.6 Å². The number of amides is 2. The van der Waals surface area contributed by atoms with E-state index in [1.807, 2.05) is 36.4 Å². The molecule has 1 atom stereocenters. The molecule has 31 heavy (non-hydrogen) atoms. The minimum absolute atomic E-state index is 0.0896. The van der Waals surface area contributed by atoms with Crippen molar-refractivity contribution >= 4 is 28.9 Å². The molecule has 0 radical (unpaired) electrons. The second-order valence-electron chi connectivity index (χ2n) is 7.59. The number of fused-ring (bicyclic) bond motifs is 4. The summed E-state index contributed by atoms with van der Waals surface area (Å²) in [5.41, 5.74) is 3.77. The Morgan fingerprint density at radius 2 is 1.90 bits per heavy atom. The van der Waals surface area contributed by atoms with Crippen LogP contribution < -0.4 is 9.47 Å². The first-order valence-corrected chi connectivity index (χ1v) is 10.0. The van der Waals surface area contributed by atoms with Gasteiger partial charge in [0.25, 0.3) is 5.91 Å². The molecule has 2 amide bonds. The third-order valence-corrected chi connectivity index (χ3v) is 5.92. The first kappa shape index (κ1) is 19.2. The molecule has 3 heterocycles. The molecule has 0 unspecified atom stereocenters. The molecule has 158 valence electrons. The molecule has 2 aromatic carbocycles. The summed E-state index contributed by atoms with van der Waals surface area (Å²) in [6, 6.07) is 12.8. The highest BCUT2D eigenvalue weighted by Crippen LogP contribution is 2.33. The fourth-order valence-corrected chi connectivity index (χ4v) is 4.40. The number of hydrogen-bond donors (Lipinski definition) is 1. The predicted octanol–water partition coefficient (Wildman–Crippen LogP) is 2.31. The Morgan fingerprint density at radius 3 is 2.71 bits per heavy atom. The Kier molecular flexibility index (Phi) is 4.62. The van der Waals surface area contributed by atoms with Crippen LogP contribution in [0.15, 0.2) is 47.6 Å². The van der Waals surface area contributed by atoms with Crippen molar-refractivity contribution in [2.45, 2.75) is 19.0 Å². The number of hydrazone groups is 1. The maximum Gasteiger partial charge on any atom is 0.266 e. The van der Waals surface area contributed by atoms with E-state index in [0.29, 0.717) is 30.0 Å². The van der Waals surface area contributed by atoms with Gasteiger partial charge >= 0.3 is 0 Å². The molecule has 3 aromatic rings. The van der Waals surface area contributed by atoms with Crippen molar-refractivity contribution in [2.24, 2.45) is 5.10 Å². The van der Waals surface area contributed by atoms with Gasteiger partial charge < -0.3 is 19.4 Å². The lowest BCUT2D eigenvalue weighted by Crippen LogP contribution is -2.60. The Balaban J connectivity index is 1.44. The summed E-state index contributed by atoms with van der Waals surface area (Å²) in [6.45, 7) is 0.314. The van der Waals surface area contributed by atoms with Crippen LogP contribution in [0.2, 0.25) is 0 Å². The summed E-state index contributed by atoms with van der Waals surface area (Å²) in [4.78, 5) is 31.1. The number of piperazine rings is 1. The molecule has 1 N–H and O–H groups in total. The highest BCUT2D eigenvalue weighted by Gasteiger charge is 2.43. The maximum absolute atomic E-state index is 13.2. The van der Waals surface area contributed by atoms with Gasteiger partial charge in [-0.2, -0.15) is 5.10 Å². The van der Waals surface area contributed by atoms with Crippen molar-refractivity contribution in [1.82, 2.24) is 14.9 Å². The van der Waals surface area contributed by atoms with Crippen LogP contribution >= 0.6 is 0 Å². The van der Waals surface area contributed by atoms with E-state index < -0.39 is 6.04 Å². The van der Waals surface area contributed by atoms with Crippen molar-refractivity contribution in [3.8, 4) is 11.5 Å². The number of nitrogens with one attached hydrogen (secondary N) is 1. The SMILES string of the molecule is COc1cccc(/C=N\N2CC(=O)N3Cc4[nH]c5ccccc5c4C[C@H]3C2=O)c1OC. The minimum atomic E-state index is -0.558. The second kappa shape index (κ2) is 7.46. The van der Waals surface area contributed by atoms with Gasteiger partial charge in [0.05, 0.1) is 27.0 Å². The number of aromatic amines is 1. The van der Waals surface area contributed by atoms with Crippen LogP contribution in [0, 0.1) is 0 Å². The molecule has 1 aromatic heterocycles. The number of aromatic nitrogens is 1. The van der Waals surface area contributed by atoms with Crippen LogP contribution in [0.4, 0.5) is 0 Å². The zero-order chi connectivity index (χ0) is 21.5. The molecule has 5 rings (SSSR count). The fourth-order valence-electron chi connectivity index (χ4n) is 4.40. The molecule has 1 saturated heterocycles. The summed E-state index contributed by atoms with van der Waals surface area (Å²) in [6.07, 6.45) is 2.00. The molecule has 2 aliphatic heterocycles. The van der Waals surface area contributed by atoms with Gasteiger partial charge in [-0.15, -0.1) is 0 Å². The normalized spacial score (nSPS) is 18.5. The minimum Gasteiger partial charge on any atom is -0.493 e. The number of benzene rings is 2. The first-order chi connectivity index (χ1) is 15.1. The molecule has 0 saturated carbocycles. The Hall–Kier alpha value is -3.81. The second-order valence-corrected chi connectivity index (χ2v) is 7.59. The van der Waals surface area contributed by atoms with Crippen molar-refractivity contribution in [2.75, 3.05) is 20.8 Å². The first-order valence-electron chi connectivity index (χ1n) is 10.0. The average Bonchev–Trinajstić information content (AvgIpc) is 3.16. The van der Waals surface area contributed by atoms with Gasteiger partial charge in [-0.05, 0) is 23.8 Å². The lowest BCUT2D eigenvalue weighted by atomic mass is 9.94. The van der Waals surface area contributed by atoms with E-state index in [1.54, 1.807) is 25.2 Å². The summed E-state index contributed by atoms with van der Waals surface area (Å²) >= 11 is 0. The van der Waals surface area contributed by atoms with E-state index in [4.69, 9.17) is 9.47 Å². The van der Waals surface area contributed by atoms with Crippen LogP contribution in [0.1, 0.15) is 16.8 Å². The molecular weight excluding hydrogens is 396 g/mol. The number of carbonyl (C=O) groups excluding carboxylic acids is 2. The molecule has 0 spiro atoms. The van der Waals surface area contributed by atoms with E-state index in [1.165, 1.54) is 11.2 Å².